The van der Waals surface area contributed by atoms with E-state index in [2.05, 4.69) is 9.97 Å². The van der Waals surface area contributed by atoms with E-state index in [1.807, 2.05) is 6.07 Å². The van der Waals surface area contributed by atoms with Crippen LogP contribution in [0, 0.1) is 5.82 Å². The monoisotopic (exact) mass is 228 g/mol. The Balaban J connectivity index is 2.02. The molecule has 0 saturated heterocycles. The molecular formula is C13H9FN2O. The first-order valence-corrected chi connectivity index (χ1v) is 5.17. The number of aromatic amines is 1. The molecule has 2 aromatic heterocycles. The van der Waals surface area contributed by atoms with Gasteiger partial charge in [-0.3, -0.25) is 4.98 Å². The Kier molecular flexibility index (Phi) is 2.26. The highest BCUT2D eigenvalue weighted by atomic mass is 19.1. The molecule has 0 bridgehead atoms. The Bertz CT molecular complexity index is 649. The molecule has 0 amide bonds. The molecule has 17 heavy (non-hydrogen) atoms. The molecule has 0 saturated carbocycles. The maximum atomic E-state index is 13.7. The molecule has 3 rings (SSSR count). The molecule has 4 heteroatoms. The molecule has 0 atom stereocenters. The average molecular weight is 228 g/mol. The quantitative estimate of drug-likeness (QED) is 0.729. The molecule has 0 fully saturated rings. The average Bonchev–Trinajstić information content (AvgIpc) is 2.78. The van der Waals surface area contributed by atoms with Crippen molar-refractivity contribution in [2.24, 2.45) is 0 Å². The van der Waals surface area contributed by atoms with Crippen molar-refractivity contribution >= 4 is 10.9 Å². The van der Waals surface area contributed by atoms with Crippen molar-refractivity contribution in [3.63, 3.8) is 0 Å². The van der Waals surface area contributed by atoms with Crippen molar-refractivity contribution in [1.82, 2.24) is 9.97 Å². The van der Waals surface area contributed by atoms with Gasteiger partial charge in [0.2, 0.25) is 0 Å². The Hall–Kier alpha value is -2.36. The van der Waals surface area contributed by atoms with Crippen LogP contribution in [0.15, 0.2) is 48.9 Å². The van der Waals surface area contributed by atoms with E-state index in [0.29, 0.717) is 5.75 Å². The van der Waals surface area contributed by atoms with Crippen LogP contribution in [0.1, 0.15) is 0 Å². The molecule has 0 aliphatic heterocycles. The fraction of sp³-hybridized carbons (Fsp3) is 0. The predicted octanol–water partition coefficient (Wildman–Crippen LogP) is 3.49. The number of nitrogens with zero attached hydrogens (tertiary/aromatic N) is 1. The molecule has 1 N–H and O–H groups in total. The van der Waals surface area contributed by atoms with Crippen LogP contribution in [0.2, 0.25) is 0 Å². The summed E-state index contributed by atoms with van der Waals surface area (Å²) in [6.07, 6.45) is 4.94. The SMILES string of the molecule is Fc1cc2cc[nH]c2cc1Oc1cccnc1. The van der Waals surface area contributed by atoms with Crippen molar-refractivity contribution in [3.05, 3.63) is 54.7 Å². The minimum absolute atomic E-state index is 0.188. The Morgan fingerprint density at radius 3 is 3.00 bits per heavy atom. The fourth-order valence-electron chi connectivity index (χ4n) is 1.67. The molecular weight excluding hydrogens is 219 g/mol. The highest BCUT2D eigenvalue weighted by Gasteiger charge is 2.07. The van der Waals surface area contributed by atoms with Crippen molar-refractivity contribution in [1.29, 1.82) is 0 Å². The lowest BCUT2D eigenvalue weighted by Crippen LogP contribution is -1.88. The zero-order valence-electron chi connectivity index (χ0n) is 8.85. The van der Waals surface area contributed by atoms with E-state index in [1.165, 1.54) is 6.07 Å². The van der Waals surface area contributed by atoms with E-state index in [0.717, 1.165) is 10.9 Å². The van der Waals surface area contributed by atoms with E-state index in [4.69, 9.17) is 4.74 Å². The second-order valence-corrected chi connectivity index (χ2v) is 3.64. The van der Waals surface area contributed by atoms with Gasteiger partial charge in [0, 0.05) is 29.4 Å². The number of nitrogens with one attached hydrogen (secondary N) is 1. The van der Waals surface area contributed by atoms with Gasteiger partial charge in [-0.1, -0.05) is 0 Å². The molecule has 0 aliphatic rings. The molecule has 3 aromatic rings. The summed E-state index contributed by atoms with van der Waals surface area (Å²) in [4.78, 5) is 6.92. The highest BCUT2D eigenvalue weighted by Crippen LogP contribution is 2.27. The largest absolute Gasteiger partial charge is 0.453 e. The standard InChI is InChI=1S/C13H9FN2O/c14-11-6-9-3-5-16-12(9)7-13(11)17-10-2-1-4-15-8-10/h1-8,16H. The second-order valence-electron chi connectivity index (χ2n) is 3.64. The summed E-state index contributed by atoms with van der Waals surface area (Å²) in [5.74, 6) is 0.311. The van der Waals surface area contributed by atoms with Gasteiger partial charge in [-0.25, -0.2) is 4.39 Å². The lowest BCUT2D eigenvalue weighted by molar-refractivity contribution is 0.442. The van der Waals surface area contributed by atoms with Crippen LogP contribution in [-0.4, -0.2) is 9.97 Å². The number of hydrogen-bond donors (Lipinski definition) is 1. The molecule has 2 heterocycles. The maximum absolute atomic E-state index is 13.7. The van der Waals surface area contributed by atoms with Gasteiger partial charge in [0.25, 0.3) is 0 Å². The zero-order chi connectivity index (χ0) is 11.7. The summed E-state index contributed by atoms with van der Waals surface area (Å²) in [6, 6.07) is 8.35. The summed E-state index contributed by atoms with van der Waals surface area (Å²) >= 11 is 0. The van der Waals surface area contributed by atoms with Crippen LogP contribution in [0.25, 0.3) is 10.9 Å². The number of pyridine rings is 1. The minimum atomic E-state index is -0.388. The van der Waals surface area contributed by atoms with Gasteiger partial charge in [0.15, 0.2) is 11.6 Å². The number of benzene rings is 1. The van der Waals surface area contributed by atoms with Crippen LogP contribution in [0.4, 0.5) is 4.39 Å². The Morgan fingerprint density at radius 2 is 2.18 bits per heavy atom. The maximum Gasteiger partial charge on any atom is 0.166 e. The second kappa shape index (κ2) is 3.90. The first-order chi connectivity index (χ1) is 8.33. The van der Waals surface area contributed by atoms with Gasteiger partial charge < -0.3 is 9.72 Å². The topological polar surface area (TPSA) is 37.9 Å². The molecule has 0 unspecified atom stereocenters. The summed E-state index contributed by atoms with van der Waals surface area (Å²) in [5.41, 5.74) is 0.838. The highest BCUT2D eigenvalue weighted by molar-refractivity contribution is 5.81. The number of fused-ring (bicyclic) bond motifs is 1. The first kappa shape index (κ1) is 9.84. The van der Waals surface area contributed by atoms with Gasteiger partial charge in [-0.05, 0) is 24.3 Å². The molecule has 1 aromatic carbocycles. The van der Waals surface area contributed by atoms with Crippen LogP contribution < -0.4 is 4.74 Å². The number of hydrogen-bond acceptors (Lipinski definition) is 2. The van der Waals surface area contributed by atoms with Crippen molar-refractivity contribution in [3.8, 4) is 11.5 Å². The third kappa shape index (κ3) is 1.85. The number of halogens is 1. The van der Waals surface area contributed by atoms with E-state index in [1.54, 1.807) is 36.8 Å². The van der Waals surface area contributed by atoms with Gasteiger partial charge in [-0.2, -0.15) is 0 Å². The summed E-state index contributed by atoms with van der Waals surface area (Å²) < 4.78 is 19.2. The normalized spacial score (nSPS) is 10.6. The number of ether oxygens (including phenoxy) is 1. The number of aromatic nitrogens is 2. The molecule has 3 nitrogen and oxygen atoms in total. The van der Waals surface area contributed by atoms with Crippen molar-refractivity contribution in [2.75, 3.05) is 0 Å². The Morgan fingerprint density at radius 1 is 1.24 bits per heavy atom. The lowest BCUT2D eigenvalue weighted by atomic mass is 10.2. The van der Waals surface area contributed by atoms with E-state index in [9.17, 15) is 4.39 Å². The van der Waals surface area contributed by atoms with Gasteiger partial charge >= 0.3 is 0 Å². The molecule has 0 radical (unpaired) electrons. The minimum Gasteiger partial charge on any atom is -0.453 e. The predicted molar refractivity (Wildman–Crippen MR) is 62.6 cm³/mol. The smallest absolute Gasteiger partial charge is 0.166 e. The number of H-pyrrole nitrogens is 1. The van der Waals surface area contributed by atoms with Crippen LogP contribution in [-0.2, 0) is 0 Å². The van der Waals surface area contributed by atoms with Crippen molar-refractivity contribution < 1.29 is 9.13 Å². The Labute approximate surface area is 96.9 Å². The van der Waals surface area contributed by atoms with E-state index >= 15 is 0 Å². The third-order valence-corrected chi connectivity index (χ3v) is 2.47. The third-order valence-electron chi connectivity index (χ3n) is 2.47. The van der Waals surface area contributed by atoms with E-state index < -0.39 is 0 Å². The van der Waals surface area contributed by atoms with Gasteiger partial charge in [0.05, 0.1) is 6.20 Å². The summed E-state index contributed by atoms with van der Waals surface area (Å²) in [7, 11) is 0. The molecule has 84 valence electrons. The van der Waals surface area contributed by atoms with Crippen LogP contribution >= 0.6 is 0 Å². The van der Waals surface area contributed by atoms with Gasteiger partial charge in [-0.15, -0.1) is 0 Å². The van der Waals surface area contributed by atoms with Crippen LogP contribution in [0.3, 0.4) is 0 Å². The molecule has 0 aliphatic carbocycles. The molecule has 0 spiro atoms. The fourth-order valence-corrected chi connectivity index (χ4v) is 1.67. The summed E-state index contributed by atoms with van der Waals surface area (Å²) in [5, 5.41) is 0.820. The lowest BCUT2D eigenvalue weighted by Gasteiger charge is -2.06. The van der Waals surface area contributed by atoms with E-state index in [-0.39, 0.29) is 11.6 Å². The van der Waals surface area contributed by atoms with Gasteiger partial charge in [0.1, 0.15) is 5.75 Å². The van der Waals surface area contributed by atoms with Crippen molar-refractivity contribution in [2.45, 2.75) is 0 Å². The first-order valence-electron chi connectivity index (χ1n) is 5.17. The summed E-state index contributed by atoms with van der Waals surface area (Å²) in [6.45, 7) is 0. The van der Waals surface area contributed by atoms with Crippen LogP contribution in [0.5, 0.6) is 11.5 Å². The number of rotatable bonds is 2. The zero-order valence-corrected chi connectivity index (χ0v) is 8.85.